The molecule has 1 saturated carbocycles. The zero-order valence-electron chi connectivity index (χ0n) is 12.1. The molecular weight excluding hydrogens is 238 g/mol. The summed E-state index contributed by atoms with van der Waals surface area (Å²) in [7, 11) is 1.87. The Morgan fingerprint density at radius 1 is 1.42 bits per heavy atom. The van der Waals surface area contributed by atoms with E-state index in [0.29, 0.717) is 6.42 Å². The average molecular weight is 263 g/mol. The van der Waals surface area contributed by atoms with E-state index in [1.54, 1.807) is 6.26 Å². The van der Waals surface area contributed by atoms with Crippen molar-refractivity contribution in [1.29, 1.82) is 0 Å². The van der Waals surface area contributed by atoms with Gasteiger partial charge in [0.05, 0.1) is 12.3 Å². The number of nitrogens with zero attached hydrogens (tertiary/aromatic N) is 1. The first kappa shape index (κ1) is 14.2. The topological polar surface area (TPSA) is 33.5 Å². The van der Waals surface area contributed by atoms with Crippen LogP contribution in [0, 0.1) is 5.92 Å². The number of furan rings is 1. The van der Waals surface area contributed by atoms with E-state index in [1.165, 1.54) is 32.1 Å². The minimum atomic E-state index is 0.0221. The standard InChI is InChI=1S/C16H25NO2/c1-13(15-9-6-12-19-15)17(2)16(18)11-10-14-7-4-3-5-8-14/h6,9,12-14H,3-5,7-8,10-11H2,1-2H3. The number of hydrogen-bond acceptors (Lipinski definition) is 2. The molecule has 1 aromatic heterocycles. The molecule has 1 aromatic rings. The van der Waals surface area contributed by atoms with E-state index < -0.39 is 0 Å². The number of carbonyl (C=O) groups is 1. The van der Waals surface area contributed by atoms with Crippen LogP contribution in [0.2, 0.25) is 0 Å². The zero-order valence-corrected chi connectivity index (χ0v) is 12.1. The van der Waals surface area contributed by atoms with Gasteiger partial charge in [-0.1, -0.05) is 32.1 Å². The van der Waals surface area contributed by atoms with E-state index in [-0.39, 0.29) is 11.9 Å². The van der Waals surface area contributed by atoms with Gasteiger partial charge in [-0.25, -0.2) is 0 Å². The first-order valence-corrected chi connectivity index (χ1v) is 7.47. The second-order valence-electron chi connectivity index (χ2n) is 5.74. The molecule has 1 aliphatic carbocycles. The lowest BCUT2D eigenvalue weighted by atomic mass is 9.86. The minimum absolute atomic E-state index is 0.0221. The lowest BCUT2D eigenvalue weighted by Crippen LogP contribution is -2.29. The molecule has 0 saturated heterocycles. The van der Waals surface area contributed by atoms with E-state index in [0.717, 1.165) is 18.1 Å². The second-order valence-corrected chi connectivity index (χ2v) is 5.74. The Bertz CT molecular complexity index is 379. The van der Waals surface area contributed by atoms with E-state index in [9.17, 15) is 4.79 Å². The first-order chi connectivity index (χ1) is 9.18. The monoisotopic (exact) mass is 263 g/mol. The molecule has 19 heavy (non-hydrogen) atoms. The van der Waals surface area contributed by atoms with Crippen LogP contribution >= 0.6 is 0 Å². The van der Waals surface area contributed by atoms with Crippen molar-refractivity contribution in [1.82, 2.24) is 4.90 Å². The lowest BCUT2D eigenvalue weighted by Gasteiger charge is -2.25. The highest BCUT2D eigenvalue weighted by Gasteiger charge is 2.21. The summed E-state index contributed by atoms with van der Waals surface area (Å²) in [6.07, 6.45) is 10.1. The van der Waals surface area contributed by atoms with Crippen molar-refractivity contribution in [2.24, 2.45) is 5.92 Å². The Hall–Kier alpha value is -1.25. The van der Waals surface area contributed by atoms with Gasteiger partial charge >= 0.3 is 0 Å². The highest BCUT2D eigenvalue weighted by atomic mass is 16.3. The highest BCUT2D eigenvalue weighted by Crippen LogP contribution is 2.28. The van der Waals surface area contributed by atoms with Gasteiger partial charge in [-0.2, -0.15) is 0 Å². The van der Waals surface area contributed by atoms with Crippen LogP contribution in [0.1, 0.15) is 63.7 Å². The molecule has 1 fully saturated rings. The van der Waals surface area contributed by atoms with Crippen molar-refractivity contribution < 1.29 is 9.21 Å². The lowest BCUT2D eigenvalue weighted by molar-refractivity contribution is -0.132. The van der Waals surface area contributed by atoms with Crippen molar-refractivity contribution in [2.45, 2.75) is 57.9 Å². The molecule has 3 nitrogen and oxygen atoms in total. The molecule has 0 radical (unpaired) electrons. The SMILES string of the molecule is CC(c1ccco1)N(C)C(=O)CCC1CCCCC1. The molecule has 1 unspecified atom stereocenters. The zero-order chi connectivity index (χ0) is 13.7. The number of carbonyl (C=O) groups excluding carboxylic acids is 1. The van der Waals surface area contributed by atoms with Crippen molar-refractivity contribution in [2.75, 3.05) is 7.05 Å². The van der Waals surface area contributed by atoms with E-state index in [2.05, 4.69) is 0 Å². The Balaban J connectivity index is 1.78. The predicted molar refractivity (Wildman–Crippen MR) is 75.7 cm³/mol. The maximum atomic E-state index is 12.2. The van der Waals surface area contributed by atoms with Gasteiger partial charge in [0, 0.05) is 13.5 Å². The van der Waals surface area contributed by atoms with Crippen LogP contribution in [0.3, 0.4) is 0 Å². The van der Waals surface area contributed by atoms with E-state index >= 15 is 0 Å². The Morgan fingerprint density at radius 2 is 2.16 bits per heavy atom. The summed E-state index contributed by atoms with van der Waals surface area (Å²) in [5.74, 6) is 1.85. The smallest absolute Gasteiger partial charge is 0.222 e. The minimum Gasteiger partial charge on any atom is -0.467 e. The van der Waals surface area contributed by atoms with Gasteiger partial charge in [0.2, 0.25) is 5.91 Å². The maximum Gasteiger partial charge on any atom is 0.222 e. The summed E-state index contributed by atoms with van der Waals surface area (Å²) in [4.78, 5) is 14.0. The molecule has 1 atom stereocenters. The number of rotatable bonds is 5. The number of amides is 1. The predicted octanol–water partition coefficient (Wildman–Crippen LogP) is 4.16. The van der Waals surface area contributed by atoms with Gasteiger partial charge in [0.1, 0.15) is 5.76 Å². The maximum absolute atomic E-state index is 12.2. The molecule has 1 aliphatic rings. The molecule has 0 aliphatic heterocycles. The number of hydrogen-bond donors (Lipinski definition) is 0. The third-order valence-electron chi connectivity index (χ3n) is 4.42. The van der Waals surface area contributed by atoms with Crippen LogP contribution in [0.5, 0.6) is 0 Å². The van der Waals surface area contributed by atoms with Crippen molar-refractivity contribution in [3.05, 3.63) is 24.2 Å². The summed E-state index contributed by atoms with van der Waals surface area (Å²) in [6, 6.07) is 3.82. The van der Waals surface area contributed by atoms with Gasteiger partial charge in [-0.05, 0) is 31.4 Å². The first-order valence-electron chi connectivity index (χ1n) is 7.47. The van der Waals surface area contributed by atoms with Crippen LogP contribution in [0.4, 0.5) is 0 Å². The van der Waals surface area contributed by atoms with Gasteiger partial charge < -0.3 is 9.32 Å². The third-order valence-corrected chi connectivity index (χ3v) is 4.42. The molecule has 2 rings (SSSR count). The quantitative estimate of drug-likeness (QED) is 0.799. The largest absolute Gasteiger partial charge is 0.467 e. The van der Waals surface area contributed by atoms with Gasteiger partial charge in [0.15, 0.2) is 0 Å². The molecule has 0 spiro atoms. The summed E-state index contributed by atoms with van der Waals surface area (Å²) in [5, 5.41) is 0. The summed E-state index contributed by atoms with van der Waals surface area (Å²) in [5.41, 5.74) is 0. The second kappa shape index (κ2) is 6.78. The van der Waals surface area contributed by atoms with Crippen LogP contribution in [-0.2, 0) is 4.79 Å². The normalized spacial score (nSPS) is 18.2. The molecule has 1 amide bonds. The van der Waals surface area contributed by atoms with Gasteiger partial charge in [-0.15, -0.1) is 0 Å². The fourth-order valence-corrected chi connectivity index (χ4v) is 2.92. The summed E-state index contributed by atoms with van der Waals surface area (Å²) in [6.45, 7) is 2.01. The van der Waals surface area contributed by atoms with Crippen LogP contribution in [-0.4, -0.2) is 17.9 Å². The van der Waals surface area contributed by atoms with E-state index in [4.69, 9.17) is 4.42 Å². The molecule has 0 aromatic carbocycles. The highest BCUT2D eigenvalue weighted by molar-refractivity contribution is 5.76. The average Bonchev–Trinajstić information content (AvgIpc) is 2.98. The van der Waals surface area contributed by atoms with Crippen LogP contribution in [0.25, 0.3) is 0 Å². The van der Waals surface area contributed by atoms with Gasteiger partial charge in [0.25, 0.3) is 0 Å². The van der Waals surface area contributed by atoms with Crippen LogP contribution < -0.4 is 0 Å². The molecule has 0 N–H and O–H groups in total. The molecule has 1 heterocycles. The third kappa shape index (κ3) is 3.85. The fraction of sp³-hybridized carbons (Fsp3) is 0.688. The Labute approximate surface area is 116 Å². The molecule has 0 bridgehead atoms. The van der Waals surface area contributed by atoms with E-state index in [1.807, 2.05) is 31.0 Å². The van der Waals surface area contributed by atoms with Gasteiger partial charge in [-0.3, -0.25) is 4.79 Å². The Morgan fingerprint density at radius 3 is 2.79 bits per heavy atom. The van der Waals surface area contributed by atoms with Crippen LogP contribution in [0.15, 0.2) is 22.8 Å². The fourth-order valence-electron chi connectivity index (χ4n) is 2.92. The molecule has 106 valence electrons. The summed E-state index contributed by atoms with van der Waals surface area (Å²) < 4.78 is 5.37. The molecule has 3 heteroatoms. The Kier molecular flexibility index (Phi) is 5.06. The van der Waals surface area contributed by atoms with Crippen molar-refractivity contribution >= 4 is 5.91 Å². The molecular formula is C16H25NO2. The van der Waals surface area contributed by atoms with Crippen molar-refractivity contribution in [3.63, 3.8) is 0 Å². The van der Waals surface area contributed by atoms with Crippen molar-refractivity contribution in [3.8, 4) is 0 Å². The summed E-state index contributed by atoms with van der Waals surface area (Å²) >= 11 is 0.